The van der Waals surface area contributed by atoms with Crippen molar-refractivity contribution < 1.29 is 14.3 Å². The molecule has 6 heteroatoms. The van der Waals surface area contributed by atoms with E-state index in [-0.39, 0.29) is 11.3 Å². The second-order valence-corrected chi connectivity index (χ2v) is 9.39. The topological polar surface area (TPSA) is 45.2 Å². The second-order valence-electron chi connectivity index (χ2n) is 9.39. The summed E-state index contributed by atoms with van der Waals surface area (Å²) < 4.78 is 11.1. The van der Waals surface area contributed by atoms with Gasteiger partial charge in [0.15, 0.2) is 11.5 Å². The van der Waals surface area contributed by atoms with Gasteiger partial charge in [-0.3, -0.25) is 9.69 Å². The molecule has 0 radical (unpaired) electrons. The minimum atomic E-state index is 0.150. The third-order valence-electron chi connectivity index (χ3n) is 6.95. The first kappa shape index (κ1) is 22.5. The quantitative estimate of drug-likeness (QED) is 0.686. The molecule has 1 spiro atoms. The number of likely N-dealkylation sites (tertiary alicyclic amines) is 2. The summed E-state index contributed by atoms with van der Waals surface area (Å²) in [6, 6.07) is 14.0. The first-order valence-electron chi connectivity index (χ1n) is 11.4. The molecule has 1 unspecified atom stereocenters. The van der Waals surface area contributed by atoms with Gasteiger partial charge in [0.05, 0.1) is 14.2 Å². The number of amides is 1. The molecule has 32 heavy (non-hydrogen) atoms. The van der Waals surface area contributed by atoms with Crippen LogP contribution in [0.3, 0.4) is 0 Å². The Hall–Kier alpha value is -2.73. The molecule has 2 fully saturated rings. The van der Waals surface area contributed by atoms with E-state index < -0.39 is 0 Å². The SMILES string of the molecule is COc1cccc(CN2CCCC3(CCN(C(=O)c4cccc(N(C)C)c4)C3)C2)c1OC. The molecule has 0 aliphatic carbocycles. The van der Waals surface area contributed by atoms with Crippen LogP contribution in [0.1, 0.15) is 35.2 Å². The highest BCUT2D eigenvalue weighted by molar-refractivity contribution is 5.95. The monoisotopic (exact) mass is 437 g/mol. The number of hydrogen-bond acceptors (Lipinski definition) is 5. The van der Waals surface area contributed by atoms with Gasteiger partial charge >= 0.3 is 0 Å². The first-order chi connectivity index (χ1) is 15.4. The van der Waals surface area contributed by atoms with E-state index in [1.165, 1.54) is 6.42 Å². The molecule has 2 saturated heterocycles. The van der Waals surface area contributed by atoms with Gasteiger partial charge in [-0.05, 0) is 50.1 Å². The van der Waals surface area contributed by atoms with Crippen molar-refractivity contribution in [3.63, 3.8) is 0 Å². The van der Waals surface area contributed by atoms with Gasteiger partial charge in [-0.2, -0.15) is 0 Å². The maximum atomic E-state index is 13.2. The normalized spacial score (nSPS) is 21.1. The van der Waals surface area contributed by atoms with E-state index in [1.807, 2.05) is 55.4 Å². The van der Waals surface area contributed by atoms with Gasteiger partial charge in [0.1, 0.15) is 0 Å². The van der Waals surface area contributed by atoms with Gasteiger partial charge in [0.25, 0.3) is 5.91 Å². The van der Waals surface area contributed by atoms with Crippen molar-refractivity contribution in [1.29, 1.82) is 0 Å². The Labute approximate surface area is 191 Å². The molecule has 2 aliphatic rings. The summed E-state index contributed by atoms with van der Waals surface area (Å²) >= 11 is 0. The fraction of sp³-hybridized carbons (Fsp3) is 0.500. The highest BCUT2D eigenvalue weighted by atomic mass is 16.5. The van der Waals surface area contributed by atoms with Gasteiger partial charge in [-0.1, -0.05) is 18.2 Å². The number of rotatable bonds is 6. The van der Waals surface area contributed by atoms with E-state index in [9.17, 15) is 4.79 Å². The summed E-state index contributed by atoms with van der Waals surface area (Å²) in [5.74, 6) is 1.74. The summed E-state index contributed by atoms with van der Waals surface area (Å²) in [6.07, 6.45) is 3.41. The average Bonchev–Trinajstić information content (AvgIpc) is 3.21. The van der Waals surface area contributed by atoms with Gasteiger partial charge < -0.3 is 19.3 Å². The van der Waals surface area contributed by atoms with Crippen LogP contribution in [0.15, 0.2) is 42.5 Å². The number of methoxy groups -OCH3 is 2. The van der Waals surface area contributed by atoms with Crippen molar-refractivity contribution in [3.8, 4) is 11.5 Å². The Balaban J connectivity index is 1.45. The maximum absolute atomic E-state index is 13.2. The molecule has 1 amide bonds. The lowest BCUT2D eigenvalue weighted by Crippen LogP contribution is -2.45. The molecule has 0 N–H and O–H groups in total. The zero-order valence-corrected chi connectivity index (χ0v) is 19.8. The Morgan fingerprint density at radius 3 is 2.59 bits per heavy atom. The van der Waals surface area contributed by atoms with Gasteiger partial charge in [-0.15, -0.1) is 0 Å². The molecule has 1 atom stereocenters. The molecule has 6 nitrogen and oxygen atoms in total. The van der Waals surface area contributed by atoms with Gasteiger partial charge in [0.2, 0.25) is 0 Å². The molecule has 2 aromatic carbocycles. The summed E-state index contributed by atoms with van der Waals surface area (Å²) in [5, 5.41) is 0. The van der Waals surface area contributed by atoms with Crippen LogP contribution in [0, 0.1) is 5.41 Å². The van der Waals surface area contributed by atoms with Crippen LogP contribution in [-0.2, 0) is 6.54 Å². The molecule has 2 aliphatic heterocycles. The number of piperidine rings is 1. The van der Waals surface area contributed by atoms with E-state index in [1.54, 1.807) is 14.2 Å². The molecule has 0 bridgehead atoms. The lowest BCUT2D eigenvalue weighted by molar-refractivity contribution is 0.0673. The van der Waals surface area contributed by atoms with E-state index >= 15 is 0 Å². The second kappa shape index (κ2) is 9.41. The summed E-state index contributed by atoms with van der Waals surface area (Å²) in [5.41, 5.74) is 3.16. The molecule has 172 valence electrons. The molecule has 0 aromatic heterocycles. The zero-order chi connectivity index (χ0) is 22.7. The van der Waals surface area contributed by atoms with Crippen LogP contribution in [0.25, 0.3) is 0 Å². The highest BCUT2D eigenvalue weighted by Crippen LogP contribution is 2.41. The van der Waals surface area contributed by atoms with Gasteiger partial charge in [0, 0.05) is 62.5 Å². The minimum absolute atomic E-state index is 0.150. The van der Waals surface area contributed by atoms with E-state index in [0.717, 1.165) is 73.9 Å². The number of carbonyl (C=O) groups is 1. The van der Waals surface area contributed by atoms with Crippen LogP contribution in [0.5, 0.6) is 11.5 Å². The molecular weight excluding hydrogens is 402 g/mol. The summed E-state index contributed by atoms with van der Waals surface area (Å²) in [4.78, 5) is 19.8. The fourth-order valence-electron chi connectivity index (χ4n) is 5.31. The Morgan fingerprint density at radius 2 is 1.84 bits per heavy atom. The summed E-state index contributed by atoms with van der Waals surface area (Å²) in [7, 11) is 7.38. The Morgan fingerprint density at radius 1 is 1.03 bits per heavy atom. The standard InChI is InChI=1S/C26H35N3O3/c1-27(2)22-10-5-8-20(16-22)25(30)29-15-13-26(19-29)12-7-14-28(18-26)17-21-9-6-11-23(31-3)24(21)32-4/h5-6,8-11,16H,7,12-15,17-19H2,1-4H3. The lowest BCUT2D eigenvalue weighted by Gasteiger charge is -2.40. The zero-order valence-electron chi connectivity index (χ0n) is 19.8. The van der Waals surface area contributed by atoms with Crippen LogP contribution in [0.2, 0.25) is 0 Å². The van der Waals surface area contributed by atoms with Crippen LogP contribution in [-0.4, -0.2) is 70.2 Å². The van der Waals surface area contributed by atoms with E-state index in [0.29, 0.717) is 0 Å². The highest BCUT2D eigenvalue weighted by Gasteiger charge is 2.43. The van der Waals surface area contributed by atoms with Crippen molar-refractivity contribution in [1.82, 2.24) is 9.80 Å². The molecular formula is C26H35N3O3. The number of benzene rings is 2. The van der Waals surface area contributed by atoms with E-state index in [4.69, 9.17) is 9.47 Å². The van der Waals surface area contributed by atoms with Crippen molar-refractivity contribution >= 4 is 11.6 Å². The van der Waals surface area contributed by atoms with Crippen LogP contribution in [0.4, 0.5) is 5.69 Å². The van der Waals surface area contributed by atoms with Crippen LogP contribution < -0.4 is 14.4 Å². The Kier molecular flexibility index (Phi) is 6.60. The maximum Gasteiger partial charge on any atom is 0.253 e. The Bertz CT molecular complexity index is 961. The lowest BCUT2D eigenvalue weighted by atomic mass is 9.79. The third-order valence-corrected chi connectivity index (χ3v) is 6.95. The van der Waals surface area contributed by atoms with Crippen molar-refractivity contribution in [3.05, 3.63) is 53.6 Å². The predicted octanol–water partition coefficient (Wildman–Crippen LogP) is 3.90. The number of anilines is 1. The number of hydrogen-bond donors (Lipinski definition) is 0. The molecule has 2 aromatic rings. The number of ether oxygens (including phenoxy) is 2. The number of nitrogens with zero attached hydrogens (tertiary/aromatic N) is 3. The molecule has 2 heterocycles. The predicted molar refractivity (Wildman–Crippen MR) is 128 cm³/mol. The van der Waals surface area contributed by atoms with Crippen molar-refractivity contribution in [2.45, 2.75) is 25.8 Å². The van der Waals surface area contributed by atoms with Crippen LogP contribution >= 0.6 is 0 Å². The average molecular weight is 438 g/mol. The summed E-state index contributed by atoms with van der Waals surface area (Å²) in [6.45, 7) is 4.59. The smallest absolute Gasteiger partial charge is 0.253 e. The number of para-hydroxylation sites is 1. The van der Waals surface area contributed by atoms with E-state index in [2.05, 4.69) is 15.9 Å². The van der Waals surface area contributed by atoms with Gasteiger partial charge in [-0.25, -0.2) is 0 Å². The minimum Gasteiger partial charge on any atom is -0.493 e. The largest absolute Gasteiger partial charge is 0.493 e. The molecule has 4 rings (SSSR count). The number of carbonyl (C=O) groups excluding carboxylic acids is 1. The van der Waals surface area contributed by atoms with Crippen molar-refractivity contribution in [2.75, 3.05) is 59.4 Å². The third kappa shape index (κ3) is 4.56. The fourth-order valence-corrected chi connectivity index (χ4v) is 5.31. The van der Waals surface area contributed by atoms with Crippen molar-refractivity contribution in [2.24, 2.45) is 5.41 Å². The first-order valence-corrected chi connectivity index (χ1v) is 11.4. The molecule has 0 saturated carbocycles.